The molecule has 2 amide bonds. The number of nitrogens with one attached hydrogen (secondary N) is 1. The molecule has 12 nitrogen and oxygen atoms in total. The van der Waals surface area contributed by atoms with E-state index < -0.39 is 47.1 Å². The molecule has 0 aliphatic carbocycles. The number of aromatic hydroxyl groups is 1. The number of rotatable bonds is 9. The van der Waals surface area contributed by atoms with Gasteiger partial charge in [-0.05, 0) is 43.3 Å². The van der Waals surface area contributed by atoms with Crippen LogP contribution in [0.1, 0.15) is 29.3 Å². The van der Waals surface area contributed by atoms with Crippen molar-refractivity contribution in [1.29, 1.82) is 5.41 Å². The second-order valence-electron chi connectivity index (χ2n) is 10.2. The molecule has 2 unspecified atom stereocenters. The number of phenolic OH excluding ortho intramolecular Hbond substituents is 1. The molecule has 0 radical (unpaired) electrons. The fraction of sp³-hybridized carbons (Fsp3) is 0.310. The number of nitrogen functional groups attached to an aromatic ring is 1. The number of carbonyl (C=O) groups is 2. The summed E-state index contributed by atoms with van der Waals surface area (Å²) in [6.07, 6.45) is -1.01. The largest absolute Gasteiger partial charge is 0.515 e. The highest BCUT2D eigenvalue weighted by Gasteiger charge is 2.44. The summed E-state index contributed by atoms with van der Waals surface area (Å²) in [6, 6.07) is 9.56. The van der Waals surface area contributed by atoms with Gasteiger partial charge in [0.15, 0.2) is 17.6 Å². The van der Waals surface area contributed by atoms with Crippen LogP contribution < -0.4 is 19.9 Å². The number of amides is 2. The van der Waals surface area contributed by atoms with Gasteiger partial charge in [0.2, 0.25) is 17.4 Å². The molecule has 4 N–H and O–H groups in total. The summed E-state index contributed by atoms with van der Waals surface area (Å²) >= 11 is 0. The van der Waals surface area contributed by atoms with Crippen molar-refractivity contribution in [1.82, 2.24) is 9.88 Å². The van der Waals surface area contributed by atoms with Crippen LogP contribution in [-0.4, -0.2) is 84.3 Å². The van der Waals surface area contributed by atoms with Gasteiger partial charge in [-0.15, -0.1) is 0 Å². The maximum absolute atomic E-state index is 15.8. The average molecular weight is 601 g/mol. The lowest BCUT2D eigenvalue weighted by molar-refractivity contribution is -0.826. The van der Waals surface area contributed by atoms with Crippen molar-refractivity contribution in [2.24, 2.45) is 5.73 Å². The zero-order chi connectivity index (χ0) is 31.5. The molecule has 1 aliphatic rings. The third-order valence-corrected chi connectivity index (χ3v) is 6.70. The molecular weight excluding hydrogens is 568 g/mol. The van der Waals surface area contributed by atoms with Gasteiger partial charge >= 0.3 is 6.09 Å². The number of amidine groups is 1. The summed E-state index contributed by atoms with van der Waals surface area (Å²) in [5.41, 5.74) is 5.92. The van der Waals surface area contributed by atoms with E-state index in [1.165, 1.54) is 47.4 Å². The molecule has 0 spiro atoms. The minimum Gasteiger partial charge on any atom is -0.504 e. The average Bonchev–Trinajstić information content (AvgIpc) is 3.36. The summed E-state index contributed by atoms with van der Waals surface area (Å²) in [5, 5.41) is 17.9. The lowest BCUT2D eigenvalue weighted by Crippen LogP contribution is -2.48. The number of likely N-dealkylation sites (N-methyl/N-ethyl adjacent to an activating group) is 1. The molecule has 1 saturated heterocycles. The lowest BCUT2D eigenvalue weighted by atomic mass is 10.2. The SMILES string of the molecule is CCOC(=O)[N+]1(C)CCC(Oc2c(F)c(Oc3cccc(C(=O)N(C)C)c3)nc(Oc3cc(C(=N)N)ccc3O)c2F)C1. The van der Waals surface area contributed by atoms with E-state index in [0.29, 0.717) is 6.54 Å². The Morgan fingerprint density at radius 3 is 2.47 bits per heavy atom. The molecule has 0 saturated carbocycles. The number of hydrogen-bond donors (Lipinski definition) is 3. The number of phenols is 1. The van der Waals surface area contributed by atoms with E-state index in [1.54, 1.807) is 28.1 Å². The lowest BCUT2D eigenvalue weighted by Gasteiger charge is -2.24. The number of benzene rings is 2. The summed E-state index contributed by atoms with van der Waals surface area (Å²) in [6.45, 7) is 2.23. The number of likely N-dealkylation sites (tertiary alicyclic amines) is 1. The number of pyridine rings is 1. The summed E-state index contributed by atoms with van der Waals surface area (Å²) in [5.74, 6) is -6.52. The molecule has 1 fully saturated rings. The van der Waals surface area contributed by atoms with Gasteiger partial charge in [0, 0.05) is 31.6 Å². The van der Waals surface area contributed by atoms with E-state index >= 15 is 8.78 Å². The van der Waals surface area contributed by atoms with Gasteiger partial charge in [-0.3, -0.25) is 10.2 Å². The molecule has 43 heavy (non-hydrogen) atoms. The van der Waals surface area contributed by atoms with Crippen LogP contribution in [0.2, 0.25) is 0 Å². The molecule has 228 valence electrons. The first-order valence-electron chi connectivity index (χ1n) is 13.2. The topological polar surface area (TPSA) is 157 Å². The summed E-state index contributed by atoms with van der Waals surface area (Å²) < 4.78 is 53.5. The smallest absolute Gasteiger partial charge is 0.504 e. The Hall–Kier alpha value is -4.98. The number of hydrogen-bond acceptors (Lipinski definition) is 9. The third kappa shape index (κ3) is 6.75. The van der Waals surface area contributed by atoms with Gasteiger partial charge in [0.1, 0.15) is 18.1 Å². The predicted octanol–water partition coefficient (Wildman–Crippen LogP) is 4.39. The van der Waals surface area contributed by atoms with Crippen LogP contribution in [0.3, 0.4) is 0 Å². The first-order valence-corrected chi connectivity index (χ1v) is 13.2. The van der Waals surface area contributed by atoms with E-state index in [1.807, 2.05) is 0 Å². The Balaban J connectivity index is 1.74. The van der Waals surface area contributed by atoms with Crippen molar-refractivity contribution in [3.05, 3.63) is 65.2 Å². The zero-order valence-corrected chi connectivity index (χ0v) is 24.0. The second kappa shape index (κ2) is 12.5. The quantitative estimate of drug-likeness (QED) is 0.184. The first kappa shape index (κ1) is 31.0. The Morgan fingerprint density at radius 1 is 1.12 bits per heavy atom. The normalized spacial score (nSPS) is 17.7. The van der Waals surface area contributed by atoms with Crippen LogP contribution in [-0.2, 0) is 4.74 Å². The monoisotopic (exact) mass is 600 g/mol. The van der Waals surface area contributed by atoms with Crippen LogP contribution in [0, 0.1) is 17.0 Å². The number of aromatic nitrogens is 1. The van der Waals surface area contributed by atoms with Gasteiger partial charge in [-0.2, -0.15) is 18.6 Å². The van der Waals surface area contributed by atoms with Gasteiger partial charge in [0.05, 0.1) is 20.2 Å². The van der Waals surface area contributed by atoms with Crippen molar-refractivity contribution in [3.8, 4) is 34.8 Å². The predicted molar refractivity (Wildman–Crippen MR) is 150 cm³/mol. The number of nitrogens with two attached hydrogens (primary N) is 1. The van der Waals surface area contributed by atoms with Crippen molar-refractivity contribution < 1.29 is 46.9 Å². The van der Waals surface area contributed by atoms with Crippen molar-refractivity contribution in [3.63, 3.8) is 0 Å². The second-order valence-corrected chi connectivity index (χ2v) is 10.2. The van der Waals surface area contributed by atoms with Crippen LogP contribution in [0.15, 0.2) is 42.5 Å². The zero-order valence-electron chi connectivity index (χ0n) is 24.0. The molecule has 1 aromatic heterocycles. The van der Waals surface area contributed by atoms with Gasteiger partial charge in [0.25, 0.3) is 17.7 Å². The van der Waals surface area contributed by atoms with Crippen LogP contribution in [0.25, 0.3) is 0 Å². The minimum atomic E-state index is -1.34. The van der Waals surface area contributed by atoms with E-state index in [0.717, 1.165) is 0 Å². The highest BCUT2D eigenvalue weighted by Crippen LogP contribution is 2.40. The van der Waals surface area contributed by atoms with Crippen molar-refractivity contribution in [2.45, 2.75) is 19.4 Å². The highest BCUT2D eigenvalue weighted by molar-refractivity contribution is 5.95. The molecule has 4 rings (SSSR count). The van der Waals surface area contributed by atoms with Crippen molar-refractivity contribution in [2.75, 3.05) is 40.8 Å². The highest BCUT2D eigenvalue weighted by atomic mass is 19.1. The van der Waals surface area contributed by atoms with Gasteiger partial charge in [-0.25, -0.2) is 4.48 Å². The van der Waals surface area contributed by atoms with E-state index in [-0.39, 0.29) is 58.4 Å². The van der Waals surface area contributed by atoms with Gasteiger partial charge < -0.3 is 34.7 Å². The number of halogens is 2. The van der Waals surface area contributed by atoms with E-state index in [2.05, 4.69) is 4.98 Å². The molecule has 2 aromatic carbocycles. The first-order chi connectivity index (χ1) is 20.3. The number of ether oxygens (including phenoxy) is 4. The number of nitrogens with zero attached hydrogens (tertiary/aromatic N) is 3. The molecule has 2 heterocycles. The van der Waals surface area contributed by atoms with Crippen LogP contribution >= 0.6 is 0 Å². The maximum Gasteiger partial charge on any atom is 0.515 e. The fourth-order valence-corrected chi connectivity index (χ4v) is 4.42. The minimum absolute atomic E-state index is 0.0106. The molecule has 1 aliphatic heterocycles. The summed E-state index contributed by atoms with van der Waals surface area (Å²) in [4.78, 5) is 30.1. The third-order valence-electron chi connectivity index (χ3n) is 6.70. The molecule has 2 atom stereocenters. The fourth-order valence-electron chi connectivity index (χ4n) is 4.42. The van der Waals surface area contributed by atoms with E-state index in [9.17, 15) is 14.7 Å². The molecule has 14 heteroatoms. The van der Waals surface area contributed by atoms with Crippen LogP contribution in [0.5, 0.6) is 34.8 Å². The Labute approximate surface area is 246 Å². The number of quaternary nitrogens is 1. The molecule has 3 aromatic rings. The van der Waals surface area contributed by atoms with Gasteiger partial charge in [-0.1, -0.05) is 6.07 Å². The molecule has 0 bridgehead atoms. The Morgan fingerprint density at radius 2 is 1.81 bits per heavy atom. The van der Waals surface area contributed by atoms with Crippen LogP contribution in [0.4, 0.5) is 13.6 Å². The number of carbonyl (C=O) groups excluding carboxylic acids is 2. The Kier molecular flexibility index (Phi) is 8.99. The summed E-state index contributed by atoms with van der Waals surface area (Å²) in [7, 11) is 4.77. The molecular formula is C29H32F2N5O7+. The van der Waals surface area contributed by atoms with Crippen molar-refractivity contribution >= 4 is 17.8 Å². The Bertz CT molecular complexity index is 1570. The maximum atomic E-state index is 15.8. The van der Waals surface area contributed by atoms with E-state index in [4.69, 9.17) is 30.1 Å². The standard InChI is InChI=1S/C29H31F2N5O7/c1-5-40-29(39)36(4)12-11-19(15-36)41-24-22(30)26(42-18-8-6-7-17(13-18)28(38)35(2)3)34-27(23(24)31)43-21-14-16(25(32)33)9-10-20(21)37/h6-10,13-14,19H,5,11-12,15H2,1-4H3,(H3-,32,33,37)/p+1.